The van der Waals surface area contributed by atoms with Gasteiger partial charge in [0.25, 0.3) is 5.88 Å². The predicted octanol–water partition coefficient (Wildman–Crippen LogP) is 5.76. The van der Waals surface area contributed by atoms with E-state index in [-0.39, 0.29) is 18.4 Å². The van der Waals surface area contributed by atoms with Gasteiger partial charge in [-0.15, -0.1) is 0 Å². The van der Waals surface area contributed by atoms with Crippen molar-refractivity contribution in [2.24, 2.45) is 0 Å². The number of benzene rings is 3. The fourth-order valence-corrected chi connectivity index (χ4v) is 6.19. The Bertz CT molecular complexity index is 1760. The number of fused-ring (bicyclic) bond motifs is 7. The highest BCUT2D eigenvalue weighted by molar-refractivity contribution is 5.95. The van der Waals surface area contributed by atoms with Crippen molar-refractivity contribution in [2.75, 3.05) is 6.61 Å². The van der Waals surface area contributed by atoms with Crippen LogP contribution >= 0.6 is 0 Å². The molecule has 4 heterocycles. The number of aromatic nitrogens is 2. The van der Waals surface area contributed by atoms with Crippen molar-refractivity contribution in [3.8, 4) is 29.4 Å². The van der Waals surface area contributed by atoms with Crippen molar-refractivity contribution < 1.29 is 24.2 Å². The molecule has 1 fully saturated rings. The molecule has 0 radical (unpaired) electrons. The lowest BCUT2D eigenvalue weighted by Crippen LogP contribution is -2.25. The Morgan fingerprint density at radius 3 is 2.51 bits per heavy atom. The van der Waals surface area contributed by atoms with Gasteiger partial charge < -0.3 is 24.2 Å². The molecule has 0 amide bonds. The maximum absolute atomic E-state index is 11.6. The summed E-state index contributed by atoms with van der Waals surface area (Å²) >= 11 is 0. The van der Waals surface area contributed by atoms with E-state index < -0.39 is 11.2 Å². The third-order valence-corrected chi connectivity index (χ3v) is 7.88. The third-order valence-electron chi connectivity index (χ3n) is 7.88. The maximum Gasteiger partial charge on any atom is 0.262 e. The summed E-state index contributed by atoms with van der Waals surface area (Å²) in [6, 6.07) is 20.7. The number of aromatic hydroxyl groups is 2. The van der Waals surface area contributed by atoms with E-state index in [1.807, 2.05) is 55.5 Å². The summed E-state index contributed by atoms with van der Waals surface area (Å²) in [6.45, 7) is 2.24. The normalized spacial score (nSPS) is 21.9. The van der Waals surface area contributed by atoms with Crippen LogP contribution < -0.4 is 4.74 Å². The lowest BCUT2D eigenvalue weighted by molar-refractivity contribution is -0.0877. The molecule has 3 aromatic carbocycles. The number of para-hydroxylation sites is 1. The minimum atomic E-state index is -0.807. The lowest BCUT2D eigenvalue weighted by Gasteiger charge is -2.26. The zero-order valence-corrected chi connectivity index (χ0v) is 20.1. The Balaban J connectivity index is 1.29. The molecule has 37 heavy (non-hydrogen) atoms. The number of ether oxygens (including phenoxy) is 2. The first kappa shape index (κ1) is 21.8. The second-order valence-electron chi connectivity index (χ2n) is 9.93. The molecule has 2 aromatic heterocycles. The Morgan fingerprint density at radius 2 is 1.70 bits per heavy atom. The molecule has 0 saturated carbocycles. The first-order valence-electron chi connectivity index (χ1n) is 12.2. The van der Waals surface area contributed by atoms with Crippen LogP contribution in [0.5, 0.6) is 17.6 Å². The standard InChI is InChI=1S/C29H23N3O5/c1-28-12-13-29(37-28,14-15-35-25-20-8-4-5-9-22(20)36-31-25)24-23(28)26(33)32(27(24)34)21-11-10-17(16-30)18-6-2-3-7-19(18)21/h2-11,33-34H,12-15H2,1H3/t28-,29-/m0/s1. The van der Waals surface area contributed by atoms with Gasteiger partial charge in [0.2, 0.25) is 11.8 Å². The first-order chi connectivity index (χ1) is 18.0. The summed E-state index contributed by atoms with van der Waals surface area (Å²) in [5, 5.41) is 39.0. The zero-order chi connectivity index (χ0) is 25.4. The summed E-state index contributed by atoms with van der Waals surface area (Å²) < 4.78 is 19.3. The smallest absolute Gasteiger partial charge is 0.262 e. The SMILES string of the molecule is C[C@@]12CC[C@@](CCOc3noc4ccccc34)(O1)c1c2c(O)n(-c2ccc(C#N)c3ccccc23)c1O. The summed E-state index contributed by atoms with van der Waals surface area (Å²) in [5.74, 6) is 0.312. The van der Waals surface area contributed by atoms with Gasteiger partial charge in [-0.25, -0.2) is 0 Å². The van der Waals surface area contributed by atoms with E-state index in [9.17, 15) is 15.5 Å². The third kappa shape index (κ3) is 2.89. The molecule has 0 aliphatic carbocycles. The van der Waals surface area contributed by atoms with E-state index in [2.05, 4.69) is 11.2 Å². The average Bonchev–Trinajstić information content (AvgIpc) is 3.62. The van der Waals surface area contributed by atoms with Crippen molar-refractivity contribution in [3.05, 3.63) is 77.4 Å². The largest absolute Gasteiger partial charge is 0.494 e. The molecule has 7 rings (SSSR count). The highest BCUT2D eigenvalue weighted by Crippen LogP contribution is 2.65. The van der Waals surface area contributed by atoms with Crippen molar-refractivity contribution in [2.45, 2.75) is 37.4 Å². The van der Waals surface area contributed by atoms with Crippen LogP contribution in [0.2, 0.25) is 0 Å². The Morgan fingerprint density at radius 1 is 0.973 bits per heavy atom. The monoisotopic (exact) mass is 493 g/mol. The molecule has 2 bridgehead atoms. The van der Waals surface area contributed by atoms with Crippen molar-refractivity contribution >= 4 is 21.7 Å². The topological polar surface area (TPSA) is 114 Å². The van der Waals surface area contributed by atoms with Crippen LogP contribution in [0.15, 0.2) is 65.2 Å². The van der Waals surface area contributed by atoms with Crippen LogP contribution in [0.25, 0.3) is 27.4 Å². The second kappa shape index (κ2) is 7.51. The highest BCUT2D eigenvalue weighted by Gasteiger charge is 2.61. The average molecular weight is 494 g/mol. The summed E-state index contributed by atoms with van der Waals surface area (Å²) in [4.78, 5) is 0. The summed E-state index contributed by atoms with van der Waals surface area (Å²) in [7, 11) is 0. The van der Waals surface area contributed by atoms with Gasteiger partial charge in [0.1, 0.15) is 5.60 Å². The minimum absolute atomic E-state index is 0.0464. The number of hydrogen-bond acceptors (Lipinski definition) is 7. The van der Waals surface area contributed by atoms with Crippen LogP contribution in [-0.2, 0) is 15.9 Å². The highest BCUT2D eigenvalue weighted by atomic mass is 16.6. The molecule has 0 spiro atoms. The molecule has 2 N–H and O–H groups in total. The van der Waals surface area contributed by atoms with E-state index in [1.165, 1.54) is 4.57 Å². The van der Waals surface area contributed by atoms with Gasteiger partial charge in [-0.05, 0) is 49.2 Å². The van der Waals surface area contributed by atoms with Gasteiger partial charge in [0.05, 0.1) is 46.0 Å². The Kier molecular flexibility index (Phi) is 4.42. The van der Waals surface area contributed by atoms with Crippen molar-refractivity contribution in [3.63, 3.8) is 0 Å². The van der Waals surface area contributed by atoms with E-state index in [4.69, 9.17) is 14.0 Å². The van der Waals surface area contributed by atoms with E-state index in [0.29, 0.717) is 53.1 Å². The quantitative estimate of drug-likeness (QED) is 0.320. The van der Waals surface area contributed by atoms with E-state index in [1.54, 1.807) is 12.1 Å². The number of hydrogen-bond donors (Lipinski definition) is 2. The van der Waals surface area contributed by atoms with Gasteiger partial charge in [0.15, 0.2) is 5.58 Å². The molecule has 8 nitrogen and oxygen atoms in total. The predicted molar refractivity (Wildman–Crippen MR) is 135 cm³/mol. The van der Waals surface area contributed by atoms with Crippen molar-refractivity contribution in [1.82, 2.24) is 9.72 Å². The molecule has 1 saturated heterocycles. The molecular formula is C29H23N3O5. The molecule has 0 unspecified atom stereocenters. The van der Waals surface area contributed by atoms with E-state index >= 15 is 0 Å². The molecule has 2 aliphatic heterocycles. The van der Waals surface area contributed by atoms with Crippen molar-refractivity contribution in [1.29, 1.82) is 5.26 Å². The van der Waals surface area contributed by atoms with Crippen LogP contribution in [0.1, 0.15) is 42.9 Å². The zero-order valence-electron chi connectivity index (χ0n) is 20.1. The number of rotatable bonds is 5. The number of nitrogens with zero attached hydrogens (tertiary/aromatic N) is 3. The van der Waals surface area contributed by atoms with Crippen LogP contribution in [0, 0.1) is 11.3 Å². The fourth-order valence-electron chi connectivity index (χ4n) is 6.19. The van der Waals surface area contributed by atoms with Crippen LogP contribution in [0.3, 0.4) is 0 Å². The van der Waals surface area contributed by atoms with Gasteiger partial charge >= 0.3 is 0 Å². The van der Waals surface area contributed by atoms with Gasteiger partial charge in [-0.1, -0.05) is 36.4 Å². The second-order valence-corrected chi connectivity index (χ2v) is 9.93. The molecule has 5 aromatic rings. The lowest BCUT2D eigenvalue weighted by atomic mass is 9.78. The van der Waals surface area contributed by atoms with Gasteiger partial charge in [-0.2, -0.15) is 5.26 Å². The molecule has 8 heteroatoms. The Labute approximate surface area is 211 Å². The number of nitriles is 1. The Hall–Kier alpha value is -4.48. The fraction of sp³-hybridized carbons (Fsp3) is 0.241. The van der Waals surface area contributed by atoms with Crippen LogP contribution in [-0.4, -0.2) is 26.5 Å². The minimum Gasteiger partial charge on any atom is -0.494 e. The van der Waals surface area contributed by atoms with Gasteiger partial charge in [-0.3, -0.25) is 4.57 Å². The van der Waals surface area contributed by atoms with E-state index in [0.717, 1.165) is 16.2 Å². The first-order valence-corrected chi connectivity index (χ1v) is 12.2. The van der Waals surface area contributed by atoms with Gasteiger partial charge in [0, 0.05) is 17.2 Å². The molecular weight excluding hydrogens is 470 g/mol. The molecule has 2 aliphatic rings. The summed E-state index contributed by atoms with van der Waals surface area (Å²) in [6.07, 6.45) is 1.85. The maximum atomic E-state index is 11.6. The molecule has 2 atom stereocenters. The summed E-state index contributed by atoms with van der Waals surface area (Å²) in [5.41, 5.74) is 1.45. The van der Waals surface area contributed by atoms with Crippen LogP contribution in [0.4, 0.5) is 0 Å². The molecule has 184 valence electrons.